The average Bonchev–Trinajstić information content (AvgIpc) is 2.75. The van der Waals surface area contributed by atoms with Crippen LogP contribution in [0.5, 0.6) is 0 Å². The van der Waals surface area contributed by atoms with E-state index in [0.29, 0.717) is 0 Å². The fourth-order valence-corrected chi connectivity index (χ4v) is 2.03. The van der Waals surface area contributed by atoms with Crippen molar-refractivity contribution in [2.75, 3.05) is 0 Å². The standard InChI is InChI=1S/C10H12N4S/c1-7-4-13-9(5-12-7)10(14-11)8-2-3-15-6-8/h2-6,10,14H,11H2,1H3. The number of hydrogen-bond donors (Lipinski definition) is 2. The van der Waals surface area contributed by atoms with Crippen LogP contribution in [-0.2, 0) is 0 Å². The van der Waals surface area contributed by atoms with E-state index < -0.39 is 0 Å². The van der Waals surface area contributed by atoms with Crippen LogP contribution in [0.15, 0.2) is 29.2 Å². The molecule has 0 aliphatic carbocycles. The Hall–Kier alpha value is -1.30. The number of rotatable bonds is 3. The summed E-state index contributed by atoms with van der Waals surface area (Å²) in [6.45, 7) is 1.91. The summed E-state index contributed by atoms with van der Waals surface area (Å²) >= 11 is 1.64. The van der Waals surface area contributed by atoms with Crippen molar-refractivity contribution in [2.45, 2.75) is 13.0 Å². The van der Waals surface area contributed by atoms with Crippen molar-refractivity contribution in [3.8, 4) is 0 Å². The molecule has 0 bridgehead atoms. The summed E-state index contributed by atoms with van der Waals surface area (Å²) in [5.41, 5.74) is 5.59. The van der Waals surface area contributed by atoms with Gasteiger partial charge in [0, 0.05) is 6.20 Å². The number of hydrazine groups is 1. The Labute approximate surface area is 92.2 Å². The minimum Gasteiger partial charge on any atom is -0.271 e. The Morgan fingerprint density at radius 2 is 2.27 bits per heavy atom. The Balaban J connectivity index is 2.31. The summed E-state index contributed by atoms with van der Waals surface area (Å²) in [6, 6.07) is 1.95. The molecule has 3 N–H and O–H groups in total. The van der Waals surface area contributed by atoms with Gasteiger partial charge < -0.3 is 0 Å². The first-order chi connectivity index (χ1) is 7.31. The summed E-state index contributed by atoms with van der Waals surface area (Å²) in [4.78, 5) is 8.51. The molecule has 0 spiro atoms. The number of hydrogen-bond acceptors (Lipinski definition) is 5. The highest BCUT2D eigenvalue weighted by atomic mass is 32.1. The van der Waals surface area contributed by atoms with Crippen LogP contribution in [0.3, 0.4) is 0 Å². The highest BCUT2D eigenvalue weighted by Gasteiger charge is 2.13. The predicted molar refractivity (Wildman–Crippen MR) is 60.3 cm³/mol. The van der Waals surface area contributed by atoms with Crippen LogP contribution in [0.1, 0.15) is 23.0 Å². The first kappa shape index (κ1) is 10.2. The molecule has 15 heavy (non-hydrogen) atoms. The van der Waals surface area contributed by atoms with Crippen molar-refractivity contribution in [1.82, 2.24) is 15.4 Å². The average molecular weight is 220 g/mol. The first-order valence-corrected chi connectivity index (χ1v) is 5.52. The summed E-state index contributed by atoms with van der Waals surface area (Å²) in [7, 11) is 0. The molecule has 2 aromatic rings. The second kappa shape index (κ2) is 4.48. The van der Waals surface area contributed by atoms with E-state index in [0.717, 1.165) is 17.0 Å². The molecule has 78 valence electrons. The molecular weight excluding hydrogens is 208 g/mol. The molecule has 1 unspecified atom stereocenters. The maximum absolute atomic E-state index is 5.52. The highest BCUT2D eigenvalue weighted by molar-refractivity contribution is 7.08. The Morgan fingerprint density at radius 3 is 2.80 bits per heavy atom. The van der Waals surface area contributed by atoms with Crippen LogP contribution in [0.4, 0.5) is 0 Å². The van der Waals surface area contributed by atoms with Crippen molar-refractivity contribution < 1.29 is 0 Å². The Kier molecular flexibility index (Phi) is 3.05. The molecule has 2 rings (SSSR count). The van der Waals surface area contributed by atoms with E-state index in [1.807, 2.05) is 23.8 Å². The smallest absolute Gasteiger partial charge is 0.0905 e. The molecule has 0 aliphatic heterocycles. The second-order valence-electron chi connectivity index (χ2n) is 3.24. The maximum Gasteiger partial charge on any atom is 0.0905 e. The molecule has 2 aromatic heterocycles. The number of thiophene rings is 1. The second-order valence-corrected chi connectivity index (χ2v) is 4.02. The van der Waals surface area contributed by atoms with Crippen molar-refractivity contribution in [3.63, 3.8) is 0 Å². The largest absolute Gasteiger partial charge is 0.271 e. The molecule has 0 saturated heterocycles. The third-order valence-electron chi connectivity index (χ3n) is 2.14. The zero-order chi connectivity index (χ0) is 10.7. The van der Waals surface area contributed by atoms with E-state index in [4.69, 9.17) is 5.84 Å². The highest BCUT2D eigenvalue weighted by Crippen LogP contribution is 2.20. The first-order valence-electron chi connectivity index (χ1n) is 4.58. The van der Waals surface area contributed by atoms with Crippen molar-refractivity contribution in [2.24, 2.45) is 5.84 Å². The maximum atomic E-state index is 5.52. The summed E-state index contributed by atoms with van der Waals surface area (Å²) in [5, 5.41) is 4.06. The van der Waals surface area contributed by atoms with Gasteiger partial charge in [0.15, 0.2) is 0 Å². The normalized spacial score (nSPS) is 12.7. The van der Waals surface area contributed by atoms with Gasteiger partial charge in [0.25, 0.3) is 0 Å². The molecule has 2 heterocycles. The topological polar surface area (TPSA) is 63.8 Å². The summed E-state index contributed by atoms with van der Waals surface area (Å²) in [6.07, 6.45) is 3.49. The molecular formula is C10H12N4S. The number of aryl methyl sites for hydroxylation is 1. The summed E-state index contributed by atoms with van der Waals surface area (Å²) in [5.74, 6) is 5.52. The van der Waals surface area contributed by atoms with Crippen LogP contribution in [0.2, 0.25) is 0 Å². The molecule has 0 aromatic carbocycles. The van der Waals surface area contributed by atoms with Crippen LogP contribution in [-0.4, -0.2) is 9.97 Å². The SMILES string of the molecule is Cc1cnc(C(NN)c2ccsc2)cn1. The minimum absolute atomic E-state index is 0.0793. The zero-order valence-corrected chi connectivity index (χ0v) is 9.16. The van der Waals surface area contributed by atoms with E-state index in [2.05, 4.69) is 15.4 Å². The van der Waals surface area contributed by atoms with Gasteiger partial charge in [-0.15, -0.1) is 0 Å². The number of nitrogens with two attached hydrogens (primary N) is 1. The van der Waals surface area contributed by atoms with Gasteiger partial charge in [0.2, 0.25) is 0 Å². The lowest BCUT2D eigenvalue weighted by Crippen LogP contribution is -2.29. The molecule has 5 heteroatoms. The zero-order valence-electron chi connectivity index (χ0n) is 8.34. The Morgan fingerprint density at radius 1 is 1.40 bits per heavy atom. The van der Waals surface area contributed by atoms with Crippen molar-refractivity contribution >= 4 is 11.3 Å². The van der Waals surface area contributed by atoms with Gasteiger partial charge in [-0.3, -0.25) is 15.8 Å². The van der Waals surface area contributed by atoms with E-state index in [1.165, 1.54) is 0 Å². The van der Waals surface area contributed by atoms with Gasteiger partial charge in [-0.05, 0) is 29.3 Å². The van der Waals surface area contributed by atoms with Gasteiger partial charge in [-0.25, -0.2) is 5.43 Å². The van der Waals surface area contributed by atoms with E-state index in [-0.39, 0.29) is 6.04 Å². The Bertz CT molecular complexity index is 409. The molecule has 4 nitrogen and oxygen atoms in total. The monoisotopic (exact) mass is 220 g/mol. The molecule has 0 radical (unpaired) electrons. The van der Waals surface area contributed by atoms with E-state index in [9.17, 15) is 0 Å². The number of aromatic nitrogens is 2. The van der Waals surface area contributed by atoms with Crippen LogP contribution in [0, 0.1) is 6.92 Å². The molecule has 1 atom stereocenters. The fraction of sp³-hybridized carbons (Fsp3) is 0.200. The van der Waals surface area contributed by atoms with Gasteiger partial charge in [0.1, 0.15) is 0 Å². The molecule has 0 fully saturated rings. The lowest BCUT2D eigenvalue weighted by Gasteiger charge is -2.13. The van der Waals surface area contributed by atoms with Gasteiger partial charge in [-0.1, -0.05) is 0 Å². The quantitative estimate of drug-likeness (QED) is 0.606. The van der Waals surface area contributed by atoms with Crippen LogP contribution in [0.25, 0.3) is 0 Å². The minimum atomic E-state index is -0.0793. The van der Waals surface area contributed by atoms with Crippen molar-refractivity contribution in [1.29, 1.82) is 0 Å². The van der Waals surface area contributed by atoms with Crippen LogP contribution < -0.4 is 11.3 Å². The number of nitrogens with one attached hydrogen (secondary N) is 1. The molecule has 0 aliphatic rings. The lowest BCUT2D eigenvalue weighted by molar-refractivity contribution is 0.618. The molecule has 0 amide bonds. The van der Waals surface area contributed by atoms with Gasteiger partial charge in [-0.2, -0.15) is 11.3 Å². The van der Waals surface area contributed by atoms with E-state index >= 15 is 0 Å². The third-order valence-corrected chi connectivity index (χ3v) is 2.84. The van der Waals surface area contributed by atoms with Crippen LogP contribution >= 0.6 is 11.3 Å². The van der Waals surface area contributed by atoms with Gasteiger partial charge >= 0.3 is 0 Å². The lowest BCUT2D eigenvalue weighted by atomic mass is 10.1. The third kappa shape index (κ3) is 2.20. The predicted octanol–water partition coefficient (Wildman–Crippen LogP) is 1.40. The van der Waals surface area contributed by atoms with Crippen molar-refractivity contribution in [3.05, 3.63) is 46.2 Å². The molecule has 0 saturated carbocycles. The number of nitrogens with zero attached hydrogens (tertiary/aromatic N) is 2. The van der Waals surface area contributed by atoms with Gasteiger partial charge in [0.05, 0.1) is 23.6 Å². The fourth-order valence-electron chi connectivity index (χ4n) is 1.34. The summed E-state index contributed by atoms with van der Waals surface area (Å²) < 4.78 is 0. The van der Waals surface area contributed by atoms with E-state index in [1.54, 1.807) is 23.7 Å².